The van der Waals surface area contributed by atoms with Crippen molar-refractivity contribution in [1.29, 1.82) is 0 Å². The zero-order chi connectivity index (χ0) is 34.2. The van der Waals surface area contributed by atoms with E-state index in [9.17, 15) is 5.53 Å². The second-order valence-corrected chi connectivity index (χ2v) is 14.2. The molecular formula is C44H70N2Ni. The van der Waals surface area contributed by atoms with E-state index in [-0.39, 0.29) is 0 Å². The number of allylic oxidation sites excluding steroid dienone is 2. The molecule has 0 fully saturated rings. The summed E-state index contributed by atoms with van der Waals surface area (Å²) in [5.74, 6) is 6.85. The van der Waals surface area contributed by atoms with Gasteiger partial charge in [-0.05, 0) is 71.9 Å². The van der Waals surface area contributed by atoms with Gasteiger partial charge in [0.25, 0.3) is 5.87 Å². The molecule has 2 aromatic carbocycles. The molecule has 0 heterocycles. The third-order valence-electron chi connectivity index (χ3n) is 9.01. The summed E-state index contributed by atoms with van der Waals surface area (Å²) in [6.07, 6.45) is 32.1. The summed E-state index contributed by atoms with van der Waals surface area (Å²) >= 11 is 1.62. The normalized spacial score (nSPS) is 11.3. The molecule has 0 spiro atoms. The van der Waals surface area contributed by atoms with Gasteiger partial charge >= 0.3 is 26.2 Å². The van der Waals surface area contributed by atoms with Gasteiger partial charge in [-0.1, -0.05) is 178 Å². The van der Waals surface area contributed by atoms with Gasteiger partial charge in [0.1, 0.15) is 0 Å². The van der Waals surface area contributed by atoms with E-state index in [0.29, 0.717) is 0 Å². The molecule has 0 unspecified atom stereocenters. The Balaban J connectivity index is 0.00000354. The standard InChI is InChI=1S/C42H64N2.2CH3.Ni/c1-4-7-10-11-12-13-14-15-16-17-18-19-20-21-23-26-37-30-32-40(33-31-37)42(39(34-35-44-43)28-22-8-5-2)41-29-24-27-38(36-41)25-9-6-3;;;/h24,27,29-34,36H,4-23,25-26,28H2,1-3H3;2*1H3;. The molecule has 0 bridgehead atoms. The number of hydrogen-bond donors (Lipinski definition) is 0. The van der Waals surface area contributed by atoms with Crippen molar-refractivity contribution in [2.24, 2.45) is 0 Å². The third kappa shape index (κ3) is 21.4. The molecule has 0 amide bonds. The zero-order valence-corrected chi connectivity index (χ0v) is 32.2. The van der Waals surface area contributed by atoms with E-state index >= 15 is 0 Å². The van der Waals surface area contributed by atoms with Crippen LogP contribution in [0.25, 0.3) is 11.1 Å². The van der Waals surface area contributed by atoms with E-state index in [1.165, 1.54) is 155 Å². The summed E-state index contributed by atoms with van der Waals surface area (Å²) in [4.78, 5) is 3.20. The quantitative estimate of drug-likeness (QED) is 0.0236. The zero-order valence-electron chi connectivity index (χ0n) is 31.2. The van der Waals surface area contributed by atoms with Crippen LogP contribution < -0.4 is 0 Å². The molecule has 0 aliphatic carbocycles. The fourth-order valence-corrected chi connectivity index (χ4v) is 6.28. The van der Waals surface area contributed by atoms with Gasteiger partial charge in [0.2, 0.25) is 0 Å². The van der Waals surface area contributed by atoms with Crippen molar-refractivity contribution >= 4 is 11.4 Å². The molecule has 2 nitrogen and oxygen atoms in total. The van der Waals surface area contributed by atoms with Crippen molar-refractivity contribution in [1.82, 2.24) is 0 Å². The first kappa shape index (κ1) is 42.9. The molecule has 47 heavy (non-hydrogen) atoms. The molecule has 0 aromatic heterocycles. The van der Waals surface area contributed by atoms with Crippen LogP contribution in [0.4, 0.5) is 0 Å². The number of unbranched alkanes of at least 4 members (excludes halogenated alkanes) is 17. The van der Waals surface area contributed by atoms with Crippen LogP contribution in [0, 0.1) is 0 Å². The topological polar surface area (TPSA) is 36.4 Å². The van der Waals surface area contributed by atoms with E-state index in [4.69, 9.17) is 0 Å². The summed E-state index contributed by atoms with van der Waals surface area (Å²) in [5, 5.41) is 0. The van der Waals surface area contributed by atoms with Gasteiger partial charge in [-0.25, -0.2) is 0 Å². The Labute approximate surface area is 297 Å². The Hall–Kier alpha value is -2.17. The monoisotopic (exact) mass is 684 g/mol. The molecule has 2 aromatic rings. The van der Waals surface area contributed by atoms with Gasteiger partial charge in [0, 0.05) is 0 Å². The van der Waals surface area contributed by atoms with Gasteiger partial charge < -0.3 is 5.53 Å². The molecular weight excluding hydrogens is 615 g/mol. The summed E-state index contributed by atoms with van der Waals surface area (Å²) in [5.41, 5.74) is 16.9. The molecule has 0 saturated heterocycles. The van der Waals surface area contributed by atoms with Crippen LogP contribution in [0.2, 0.25) is 11.8 Å². The molecule has 0 aliphatic rings. The van der Waals surface area contributed by atoms with Crippen molar-refractivity contribution in [3.8, 4) is 0 Å². The maximum atomic E-state index is 9.18. The third-order valence-corrected chi connectivity index (χ3v) is 9.01. The van der Waals surface area contributed by atoms with Crippen molar-refractivity contribution in [3.63, 3.8) is 0 Å². The van der Waals surface area contributed by atoms with Crippen molar-refractivity contribution in [2.75, 3.05) is 0 Å². The van der Waals surface area contributed by atoms with Gasteiger partial charge in [0.05, 0.1) is 6.08 Å². The van der Waals surface area contributed by atoms with Crippen LogP contribution in [0.15, 0.2) is 60.2 Å². The fourth-order valence-electron chi connectivity index (χ4n) is 6.28. The summed E-state index contributed by atoms with van der Waals surface area (Å²) < 4.78 is 0. The van der Waals surface area contributed by atoms with Crippen LogP contribution in [0.3, 0.4) is 0 Å². The summed E-state index contributed by atoms with van der Waals surface area (Å²) in [6.45, 7) is 6.79. The van der Waals surface area contributed by atoms with E-state index in [1.807, 2.05) is 6.08 Å². The number of hydrogen-bond acceptors (Lipinski definition) is 0. The molecule has 0 N–H and O–H groups in total. The van der Waals surface area contributed by atoms with E-state index in [1.54, 1.807) is 14.4 Å². The maximum absolute atomic E-state index is 9.18. The van der Waals surface area contributed by atoms with E-state index < -0.39 is 0 Å². The summed E-state index contributed by atoms with van der Waals surface area (Å²) in [7, 11) is 0. The molecule has 0 saturated carbocycles. The second-order valence-electron chi connectivity index (χ2n) is 13.2. The fraction of sp³-hybridized carbons (Fsp3) is 0.636. The Bertz CT molecular complexity index is 1140. The Morgan fingerprint density at radius 2 is 1.09 bits per heavy atom. The number of nitrogens with zero attached hydrogens (tertiary/aromatic N) is 2. The molecule has 3 heteroatoms. The minimum atomic E-state index is 0.950. The Kier molecular flexibility index (Phi) is 28.4. The minimum absolute atomic E-state index is 0.950. The van der Waals surface area contributed by atoms with Crippen LogP contribution in [-0.2, 0) is 27.3 Å². The van der Waals surface area contributed by atoms with Gasteiger partial charge in [-0.3, -0.25) is 0 Å². The van der Waals surface area contributed by atoms with E-state index in [2.05, 4.69) is 91.7 Å². The average Bonchev–Trinajstić information content (AvgIpc) is 3.09. The van der Waals surface area contributed by atoms with Gasteiger partial charge in [-0.2, -0.15) is 0 Å². The summed E-state index contributed by atoms with van der Waals surface area (Å²) in [6, 6.07) is 18.3. The van der Waals surface area contributed by atoms with Crippen molar-refractivity contribution in [2.45, 2.75) is 180 Å². The van der Waals surface area contributed by atoms with Crippen LogP contribution >= 0.6 is 0 Å². The first-order valence-corrected chi connectivity index (χ1v) is 21.2. The van der Waals surface area contributed by atoms with Crippen molar-refractivity contribution < 1.29 is 19.2 Å². The number of aryl methyl sites for hydroxylation is 2. The molecule has 2 rings (SSSR count). The first-order chi connectivity index (χ1) is 23.1. The Morgan fingerprint density at radius 1 is 0.596 bits per heavy atom. The number of benzene rings is 2. The predicted octanol–water partition coefficient (Wildman–Crippen LogP) is 14.4. The average molecular weight is 686 g/mol. The van der Waals surface area contributed by atoms with Gasteiger partial charge in [0.15, 0.2) is 0 Å². The van der Waals surface area contributed by atoms with E-state index in [0.717, 1.165) is 25.7 Å². The van der Waals surface area contributed by atoms with Gasteiger partial charge in [-0.15, -0.1) is 4.79 Å². The Morgan fingerprint density at radius 3 is 1.62 bits per heavy atom. The predicted molar refractivity (Wildman–Crippen MR) is 205 cm³/mol. The van der Waals surface area contributed by atoms with Crippen LogP contribution in [0.1, 0.15) is 178 Å². The van der Waals surface area contributed by atoms with Crippen molar-refractivity contribution in [3.05, 3.63) is 88.0 Å². The molecule has 0 radical (unpaired) electrons. The number of rotatable bonds is 26. The van der Waals surface area contributed by atoms with Crippen LogP contribution in [0.5, 0.6) is 0 Å². The first-order valence-electron chi connectivity index (χ1n) is 19.2. The SMILES string of the molecule is CCCCCCCCCCCCCCCCCc1ccc(C(=C(C=C=[N+]=[N-])CCCCC)c2cccc(CCCC)c2)cc1.[CH3][Ni][CH3]. The second kappa shape index (κ2) is 31.1. The molecule has 0 aliphatic heterocycles. The molecule has 0 atom stereocenters. The molecule has 266 valence electrons. The van der Waals surface area contributed by atoms with Crippen LogP contribution in [-0.4, -0.2) is 10.7 Å².